The topological polar surface area (TPSA) is 17.1 Å². The van der Waals surface area contributed by atoms with Crippen LogP contribution >= 0.6 is 8.46 Å². The number of hydrogen-bond acceptors (Lipinski definition) is 1. The molecule has 1 nitrogen and oxygen atoms in total. The average molecular weight is 226 g/mol. The normalized spacial score (nSPS) is 32.4. The van der Waals surface area contributed by atoms with Gasteiger partial charge in [-0.25, -0.2) is 4.39 Å². The Hall–Kier alpha value is -0.700. The van der Waals surface area contributed by atoms with Crippen LogP contribution in [-0.4, -0.2) is 17.5 Å². The van der Waals surface area contributed by atoms with Crippen molar-refractivity contribution in [3.8, 4) is 0 Å². The highest BCUT2D eigenvalue weighted by atomic mass is 31.1. The number of rotatable bonds is 2. The van der Waals surface area contributed by atoms with Crippen molar-refractivity contribution in [1.82, 2.24) is 0 Å². The van der Waals surface area contributed by atoms with Crippen molar-refractivity contribution in [2.45, 2.75) is 23.9 Å². The van der Waals surface area contributed by atoms with Crippen LogP contribution in [-0.2, 0) is 4.57 Å². The first-order valence-corrected chi connectivity index (χ1v) is 4.70. The van der Waals surface area contributed by atoms with E-state index in [0.717, 1.165) is 6.08 Å². The van der Waals surface area contributed by atoms with Gasteiger partial charge in [0.2, 0.25) is 0 Å². The molecule has 2 unspecified atom stereocenters. The summed E-state index contributed by atoms with van der Waals surface area (Å²) in [7, 11) is -0.644. The van der Waals surface area contributed by atoms with Gasteiger partial charge in [0.15, 0.2) is 14.1 Å². The molecule has 0 N–H and O–H groups in total. The second kappa shape index (κ2) is 3.81. The molecule has 1 aliphatic carbocycles. The van der Waals surface area contributed by atoms with Crippen LogP contribution in [0.25, 0.3) is 0 Å². The van der Waals surface area contributed by atoms with Crippen LogP contribution in [0.3, 0.4) is 0 Å². The Morgan fingerprint density at radius 3 is 2.50 bits per heavy atom. The molecule has 6 heteroatoms. The molecule has 0 fully saturated rings. The zero-order chi connectivity index (χ0) is 10.8. The molecule has 0 aromatic carbocycles. The van der Waals surface area contributed by atoms with Crippen LogP contribution in [0.1, 0.15) is 6.42 Å². The molecule has 0 amide bonds. The van der Waals surface area contributed by atoms with Crippen molar-refractivity contribution in [3.63, 3.8) is 0 Å². The lowest BCUT2D eigenvalue weighted by molar-refractivity contribution is -0.154. The predicted octanol–water partition coefficient (Wildman–Crippen LogP) is 3.43. The molecule has 0 radical (unpaired) electrons. The molecule has 1 rings (SSSR count). The number of halogens is 4. The first kappa shape index (κ1) is 11.4. The minimum Gasteiger partial charge on any atom is -0.274 e. The van der Waals surface area contributed by atoms with Crippen molar-refractivity contribution >= 4 is 8.46 Å². The van der Waals surface area contributed by atoms with Gasteiger partial charge in [-0.1, -0.05) is 18.2 Å². The van der Waals surface area contributed by atoms with Crippen LogP contribution < -0.4 is 0 Å². The largest absolute Gasteiger partial charge is 0.392 e. The van der Waals surface area contributed by atoms with Crippen molar-refractivity contribution in [2.24, 2.45) is 0 Å². The maximum absolute atomic E-state index is 13.7. The van der Waals surface area contributed by atoms with E-state index in [1.807, 2.05) is 0 Å². The van der Waals surface area contributed by atoms with E-state index in [1.54, 1.807) is 0 Å². The fraction of sp³-hybridized carbons (Fsp3) is 0.500. The van der Waals surface area contributed by atoms with Gasteiger partial charge in [0.25, 0.3) is 0 Å². The zero-order valence-corrected chi connectivity index (χ0v) is 7.86. The number of alkyl halides is 4. The lowest BCUT2D eigenvalue weighted by Gasteiger charge is -2.27. The second-order valence-electron chi connectivity index (χ2n) is 3.01. The third-order valence-corrected chi connectivity index (χ3v) is 2.68. The van der Waals surface area contributed by atoms with Crippen molar-refractivity contribution in [2.75, 3.05) is 0 Å². The predicted molar refractivity (Wildman–Crippen MR) is 44.2 cm³/mol. The highest BCUT2D eigenvalue weighted by molar-refractivity contribution is 7.25. The Bertz CT molecular complexity index is 284. The summed E-state index contributed by atoms with van der Waals surface area (Å²) in [6.07, 6.45) is -1.68. The van der Waals surface area contributed by atoms with Gasteiger partial charge in [-0.2, -0.15) is 13.2 Å². The van der Waals surface area contributed by atoms with Crippen LogP contribution in [0, 0.1) is 0 Å². The molecule has 0 heterocycles. The van der Waals surface area contributed by atoms with Gasteiger partial charge in [0.1, 0.15) is 0 Å². The molecule has 0 aromatic heterocycles. The van der Waals surface area contributed by atoms with Gasteiger partial charge >= 0.3 is 6.18 Å². The summed E-state index contributed by atoms with van der Waals surface area (Å²) in [4.78, 5) is 0. The molecular formula is C8H7F4OP. The smallest absolute Gasteiger partial charge is 0.274 e. The Balaban J connectivity index is 2.86. The minimum absolute atomic E-state index is 0.644. The first-order valence-electron chi connectivity index (χ1n) is 3.81. The van der Waals surface area contributed by atoms with Crippen LogP contribution in [0.15, 0.2) is 24.3 Å². The van der Waals surface area contributed by atoms with E-state index in [-0.39, 0.29) is 0 Å². The van der Waals surface area contributed by atoms with E-state index in [1.165, 1.54) is 18.2 Å². The fourth-order valence-corrected chi connectivity index (χ4v) is 1.76. The van der Waals surface area contributed by atoms with Crippen LogP contribution in [0.4, 0.5) is 17.6 Å². The van der Waals surface area contributed by atoms with Crippen molar-refractivity contribution < 1.29 is 22.1 Å². The summed E-state index contributed by atoms with van der Waals surface area (Å²) in [5, 5.41) is 0. The summed E-state index contributed by atoms with van der Waals surface area (Å²) in [5.41, 5.74) is -3.84. The van der Waals surface area contributed by atoms with Crippen LogP contribution in [0.2, 0.25) is 0 Å². The van der Waals surface area contributed by atoms with Gasteiger partial charge in [-0.15, -0.1) is 0 Å². The standard InChI is InChI=1S/C8H7F4OP/c9-7(5-8(10,11)12)4-2-1-3-6(7)14-13/h1-4,6H,5H2. The molecule has 1 aliphatic rings. The van der Waals surface area contributed by atoms with Gasteiger partial charge < -0.3 is 0 Å². The van der Waals surface area contributed by atoms with E-state index in [2.05, 4.69) is 0 Å². The fourth-order valence-electron chi connectivity index (χ4n) is 1.24. The molecular weight excluding hydrogens is 219 g/mol. The minimum atomic E-state index is -4.60. The molecule has 0 aliphatic heterocycles. The van der Waals surface area contributed by atoms with Crippen molar-refractivity contribution in [1.29, 1.82) is 0 Å². The van der Waals surface area contributed by atoms with Crippen molar-refractivity contribution in [3.05, 3.63) is 24.3 Å². The summed E-state index contributed by atoms with van der Waals surface area (Å²) >= 11 is 0. The molecule has 2 atom stereocenters. The summed E-state index contributed by atoms with van der Waals surface area (Å²) < 4.78 is 60.1. The highest BCUT2D eigenvalue weighted by Crippen LogP contribution is 2.40. The first-order chi connectivity index (χ1) is 6.37. The molecule has 78 valence electrons. The summed E-state index contributed by atoms with van der Waals surface area (Å²) in [5.74, 6) is 0. The summed E-state index contributed by atoms with van der Waals surface area (Å²) in [6.45, 7) is 0. The third kappa shape index (κ3) is 2.64. The quantitative estimate of drug-likeness (QED) is 0.520. The molecule has 0 spiro atoms. The lowest BCUT2D eigenvalue weighted by atomic mass is 9.93. The number of allylic oxidation sites excluding steroid dienone is 4. The monoisotopic (exact) mass is 226 g/mol. The Labute approximate surface area is 79.7 Å². The third-order valence-electron chi connectivity index (χ3n) is 1.85. The number of hydrogen-bond donors (Lipinski definition) is 0. The van der Waals surface area contributed by atoms with E-state index in [4.69, 9.17) is 0 Å². The Morgan fingerprint density at radius 1 is 1.36 bits per heavy atom. The highest BCUT2D eigenvalue weighted by Gasteiger charge is 2.46. The molecule has 0 aromatic rings. The maximum Gasteiger partial charge on any atom is 0.392 e. The van der Waals surface area contributed by atoms with E-state index < -0.39 is 32.4 Å². The van der Waals surface area contributed by atoms with Crippen LogP contribution in [0.5, 0.6) is 0 Å². The molecule has 14 heavy (non-hydrogen) atoms. The van der Waals surface area contributed by atoms with Gasteiger partial charge in [-0.3, -0.25) is 4.57 Å². The lowest BCUT2D eigenvalue weighted by Crippen LogP contribution is -2.37. The van der Waals surface area contributed by atoms with Gasteiger partial charge in [0, 0.05) is 0 Å². The second-order valence-corrected chi connectivity index (χ2v) is 3.78. The Morgan fingerprint density at radius 2 is 2.00 bits per heavy atom. The average Bonchev–Trinajstić information content (AvgIpc) is 2.01. The zero-order valence-electron chi connectivity index (χ0n) is 6.96. The molecule has 0 saturated carbocycles. The molecule has 0 saturated heterocycles. The van der Waals surface area contributed by atoms with E-state index in [0.29, 0.717) is 0 Å². The Kier molecular flexibility index (Phi) is 3.10. The summed E-state index contributed by atoms with van der Waals surface area (Å²) in [6, 6.07) is 0. The van der Waals surface area contributed by atoms with E-state index >= 15 is 0 Å². The van der Waals surface area contributed by atoms with E-state index in [9.17, 15) is 22.1 Å². The molecule has 0 bridgehead atoms. The van der Waals surface area contributed by atoms with Gasteiger partial charge in [-0.05, 0) is 6.08 Å². The SMILES string of the molecule is O=PC1C=CC=CC1(F)CC(F)(F)F. The maximum atomic E-state index is 13.7. The van der Waals surface area contributed by atoms with Gasteiger partial charge in [0.05, 0.1) is 12.1 Å².